The molecule has 2 aliphatic rings. The van der Waals surface area contributed by atoms with Gasteiger partial charge >= 0.3 is 0 Å². The molecular formula is C51H31N3O. The fraction of sp³-hybridized carbons (Fsp3) is 0.0196. The van der Waals surface area contributed by atoms with Crippen molar-refractivity contribution in [1.82, 2.24) is 14.5 Å². The summed E-state index contributed by atoms with van der Waals surface area (Å²) in [5, 5.41) is 2.43. The Balaban J connectivity index is 1.15. The number of para-hydroxylation sites is 5. The Kier molecular flexibility index (Phi) is 6.23. The van der Waals surface area contributed by atoms with E-state index in [0.717, 1.165) is 72.9 Å². The fourth-order valence-electron chi connectivity index (χ4n) is 9.38. The van der Waals surface area contributed by atoms with Crippen molar-refractivity contribution in [3.63, 3.8) is 0 Å². The van der Waals surface area contributed by atoms with Crippen LogP contribution < -0.4 is 4.74 Å². The summed E-state index contributed by atoms with van der Waals surface area (Å²) in [5.41, 5.74) is 15.7. The molecule has 0 fully saturated rings. The average molecular weight is 702 g/mol. The largest absolute Gasteiger partial charge is 0.457 e. The maximum absolute atomic E-state index is 6.63. The zero-order valence-electron chi connectivity index (χ0n) is 29.6. The summed E-state index contributed by atoms with van der Waals surface area (Å²) in [6, 6.07) is 67.0. The van der Waals surface area contributed by atoms with Crippen LogP contribution in [0.4, 0.5) is 0 Å². The molecule has 10 aromatic rings. The molecular weight excluding hydrogens is 671 g/mol. The van der Waals surface area contributed by atoms with Crippen molar-refractivity contribution in [2.45, 2.75) is 5.41 Å². The maximum Gasteiger partial charge on any atom is 0.132 e. The van der Waals surface area contributed by atoms with Crippen molar-refractivity contribution < 1.29 is 4.74 Å². The van der Waals surface area contributed by atoms with Crippen LogP contribution in [0.15, 0.2) is 188 Å². The van der Waals surface area contributed by atoms with E-state index in [4.69, 9.17) is 14.7 Å². The van der Waals surface area contributed by atoms with Gasteiger partial charge in [-0.1, -0.05) is 133 Å². The van der Waals surface area contributed by atoms with Gasteiger partial charge < -0.3 is 9.30 Å². The van der Waals surface area contributed by atoms with Crippen LogP contribution in [0.3, 0.4) is 0 Å². The topological polar surface area (TPSA) is 39.9 Å². The van der Waals surface area contributed by atoms with Crippen molar-refractivity contribution in [2.24, 2.45) is 0 Å². The molecule has 1 spiro atoms. The Bertz CT molecular complexity index is 3150. The highest BCUT2D eigenvalue weighted by Gasteiger charge is 2.51. The molecule has 4 heteroatoms. The first-order valence-electron chi connectivity index (χ1n) is 18.7. The van der Waals surface area contributed by atoms with Gasteiger partial charge in [0.2, 0.25) is 0 Å². The lowest BCUT2D eigenvalue weighted by atomic mass is 9.66. The molecule has 256 valence electrons. The van der Waals surface area contributed by atoms with Gasteiger partial charge in [0.1, 0.15) is 11.5 Å². The second-order valence-electron chi connectivity index (χ2n) is 14.5. The maximum atomic E-state index is 6.63. The molecule has 0 unspecified atom stereocenters. The molecule has 2 aromatic heterocycles. The molecule has 55 heavy (non-hydrogen) atoms. The van der Waals surface area contributed by atoms with E-state index >= 15 is 0 Å². The van der Waals surface area contributed by atoms with Gasteiger partial charge in [0.05, 0.1) is 38.9 Å². The quantitative estimate of drug-likeness (QED) is 0.184. The number of hydrogen-bond acceptors (Lipinski definition) is 3. The third-order valence-corrected chi connectivity index (χ3v) is 11.6. The zero-order valence-corrected chi connectivity index (χ0v) is 29.6. The van der Waals surface area contributed by atoms with Gasteiger partial charge in [-0.15, -0.1) is 0 Å². The number of nitrogens with zero attached hydrogens (tertiary/aromatic N) is 3. The third-order valence-electron chi connectivity index (χ3n) is 11.6. The predicted octanol–water partition coefficient (Wildman–Crippen LogP) is 12.5. The number of ether oxygens (including phenoxy) is 1. The molecule has 0 N–H and O–H groups in total. The second-order valence-corrected chi connectivity index (χ2v) is 14.5. The number of rotatable bonds is 3. The monoisotopic (exact) mass is 701 g/mol. The Morgan fingerprint density at radius 3 is 1.76 bits per heavy atom. The van der Waals surface area contributed by atoms with Crippen molar-refractivity contribution in [3.8, 4) is 50.8 Å². The van der Waals surface area contributed by atoms with Crippen LogP contribution in [-0.2, 0) is 5.41 Å². The molecule has 12 rings (SSSR count). The van der Waals surface area contributed by atoms with Gasteiger partial charge in [0.25, 0.3) is 0 Å². The van der Waals surface area contributed by atoms with E-state index < -0.39 is 5.41 Å². The first-order chi connectivity index (χ1) is 27.3. The Hall–Kier alpha value is -7.30. The minimum atomic E-state index is -0.556. The molecule has 1 aliphatic carbocycles. The van der Waals surface area contributed by atoms with Gasteiger partial charge in [0.15, 0.2) is 0 Å². The van der Waals surface area contributed by atoms with Crippen molar-refractivity contribution in [3.05, 3.63) is 210 Å². The number of hydrogen-bond donors (Lipinski definition) is 0. The highest BCUT2D eigenvalue weighted by atomic mass is 16.5. The van der Waals surface area contributed by atoms with Crippen LogP contribution in [0.1, 0.15) is 22.3 Å². The molecule has 1 aliphatic heterocycles. The number of fused-ring (bicyclic) bond motifs is 13. The lowest BCUT2D eigenvalue weighted by Gasteiger charge is -2.39. The minimum absolute atomic E-state index is 0.556. The molecule has 0 saturated heterocycles. The molecule has 8 aromatic carbocycles. The Labute approximate surface area is 317 Å². The number of aromatic nitrogens is 3. The molecule has 4 nitrogen and oxygen atoms in total. The van der Waals surface area contributed by atoms with Crippen LogP contribution >= 0.6 is 0 Å². The Morgan fingerprint density at radius 2 is 1.00 bits per heavy atom. The van der Waals surface area contributed by atoms with Crippen molar-refractivity contribution in [2.75, 3.05) is 0 Å². The van der Waals surface area contributed by atoms with Crippen LogP contribution in [-0.4, -0.2) is 14.5 Å². The first-order valence-corrected chi connectivity index (χ1v) is 18.7. The molecule has 3 heterocycles. The molecule has 0 atom stereocenters. The Morgan fingerprint density at radius 1 is 0.400 bits per heavy atom. The normalized spacial score (nSPS) is 13.4. The predicted molar refractivity (Wildman–Crippen MR) is 222 cm³/mol. The first kappa shape index (κ1) is 30.2. The van der Waals surface area contributed by atoms with E-state index in [0.29, 0.717) is 0 Å². The van der Waals surface area contributed by atoms with Gasteiger partial charge in [-0.3, -0.25) is 0 Å². The highest BCUT2D eigenvalue weighted by molar-refractivity contribution is 6.12. The molecule has 0 saturated carbocycles. The van der Waals surface area contributed by atoms with Crippen molar-refractivity contribution in [1.29, 1.82) is 0 Å². The summed E-state index contributed by atoms with van der Waals surface area (Å²) in [6.07, 6.45) is 0. The second kappa shape index (κ2) is 11.3. The van der Waals surface area contributed by atoms with Gasteiger partial charge in [-0.25, -0.2) is 9.97 Å². The smallest absolute Gasteiger partial charge is 0.132 e. The van der Waals surface area contributed by atoms with Crippen LogP contribution in [0.2, 0.25) is 0 Å². The minimum Gasteiger partial charge on any atom is -0.457 e. The summed E-state index contributed by atoms with van der Waals surface area (Å²) in [6.45, 7) is 0. The summed E-state index contributed by atoms with van der Waals surface area (Å²) in [5.74, 6) is 1.78. The third kappa shape index (κ3) is 4.16. The summed E-state index contributed by atoms with van der Waals surface area (Å²) >= 11 is 0. The average Bonchev–Trinajstić information content (AvgIpc) is 3.73. The summed E-state index contributed by atoms with van der Waals surface area (Å²) in [7, 11) is 0. The van der Waals surface area contributed by atoms with Gasteiger partial charge in [-0.2, -0.15) is 0 Å². The van der Waals surface area contributed by atoms with Gasteiger partial charge in [0, 0.05) is 38.7 Å². The van der Waals surface area contributed by atoms with E-state index in [9.17, 15) is 0 Å². The summed E-state index contributed by atoms with van der Waals surface area (Å²) < 4.78 is 9.06. The van der Waals surface area contributed by atoms with E-state index in [2.05, 4.69) is 162 Å². The van der Waals surface area contributed by atoms with E-state index in [1.165, 1.54) is 33.0 Å². The van der Waals surface area contributed by atoms with E-state index in [-0.39, 0.29) is 0 Å². The van der Waals surface area contributed by atoms with Crippen LogP contribution in [0.5, 0.6) is 11.5 Å². The van der Waals surface area contributed by atoms with E-state index in [1.54, 1.807) is 0 Å². The van der Waals surface area contributed by atoms with Crippen LogP contribution in [0.25, 0.3) is 72.2 Å². The number of benzene rings is 8. The molecule has 0 bridgehead atoms. The zero-order chi connectivity index (χ0) is 36.1. The highest BCUT2D eigenvalue weighted by Crippen LogP contribution is 2.62. The summed E-state index contributed by atoms with van der Waals surface area (Å²) in [4.78, 5) is 10.4. The van der Waals surface area contributed by atoms with Crippen molar-refractivity contribution >= 4 is 32.8 Å². The fourth-order valence-corrected chi connectivity index (χ4v) is 9.38. The lowest BCUT2D eigenvalue weighted by Crippen LogP contribution is -2.32. The lowest BCUT2D eigenvalue weighted by molar-refractivity contribution is 0.436. The molecule has 0 radical (unpaired) electrons. The van der Waals surface area contributed by atoms with Crippen LogP contribution in [0, 0.1) is 0 Å². The molecule has 0 amide bonds. The van der Waals surface area contributed by atoms with Gasteiger partial charge in [-0.05, 0) is 76.9 Å². The van der Waals surface area contributed by atoms with E-state index in [1.807, 2.05) is 30.3 Å². The SMILES string of the molecule is c1ccc(-c2nc3ccccc3nc2-c2cccc(-n3c4ccccc4c4cc5c(cc43)C3(c4ccccc4Oc4ccccc43)c3ccccc3-5)c2)cc1. The standard InChI is InChI=1S/C51H31N3O/c1-2-15-32(16-3-1)49-50(53-44-25-10-9-24-43(44)52-49)33-17-14-18-34(29-33)54-45-26-11-5-20-36(45)38-30-37-35-19-4-6-21-39(35)51(42(37)31-46(38)54)40-22-7-12-27-47(40)55-48-28-13-8-23-41(48)51/h1-31H.